The van der Waals surface area contributed by atoms with Crippen LogP contribution in [-0.4, -0.2) is 46.9 Å². The Morgan fingerprint density at radius 3 is 2.57 bits per heavy atom. The number of esters is 1. The van der Waals surface area contributed by atoms with E-state index in [4.69, 9.17) is 4.74 Å². The van der Waals surface area contributed by atoms with Gasteiger partial charge in [-0.15, -0.1) is 0 Å². The lowest BCUT2D eigenvalue weighted by atomic mass is 9.65. The number of unbranched alkanes of at least 4 members (excludes halogenated alkanes) is 1. The Morgan fingerprint density at radius 2 is 1.91 bits per heavy atom. The van der Waals surface area contributed by atoms with Crippen molar-refractivity contribution in [3.8, 4) is 0 Å². The molecule has 0 saturated heterocycles. The third kappa shape index (κ3) is 8.75. The van der Waals surface area contributed by atoms with E-state index in [0.717, 1.165) is 32.1 Å². The normalized spacial score (nSPS) is 28.0. The Hall–Kier alpha value is -1.66. The predicted molar refractivity (Wildman–Crippen MR) is 139 cm³/mol. The number of carbonyl (C=O) groups excluding carboxylic acids is 2. The number of hydrogen-bond donors (Lipinski definition) is 3. The Balaban J connectivity index is 2.00. The van der Waals surface area contributed by atoms with Gasteiger partial charge in [0.15, 0.2) is 0 Å². The number of fused-ring (bicyclic) bond motifs is 1. The smallest absolute Gasteiger partial charge is 0.311 e. The molecule has 0 aromatic heterocycles. The first-order valence-corrected chi connectivity index (χ1v) is 13.7. The predicted octanol–water partition coefficient (Wildman–Crippen LogP) is 4.94. The van der Waals surface area contributed by atoms with Gasteiger partial charge in [-0.25, -0.2) is 0 Å². The number of aliphatic hydroxyl groups is 2. The first-order valence-electron chi connectivity index (χ1n) is 13.7. The van der Waals surface area contributed by atoms with Crippen LogP contribution in [0.25, 0.3) is 0 Å². The largest absolute Gasteiger partial charge is 0.461 e. The average Bonchev–Trinajstić information content (AvgIpc) is 2.78. The molecule has 1 amide bonds. The van der Waals surface area contributed by atoms with E-state index in [9.17, 15) is 19.8 Å². The lowest BCUT2D eigenvalue weighted by molar-refractivity contribution is -0.164. The van der Waals surface area contributed by atoms with Crippen molar-refractivity contribution in [3.05, 3.63) is 23.8 Å². The van der Waals surface area contributed by atoms with Crippen molar-refractivity contribution in [2.24, 2.45) is 29.1 Å². The van der Waals surface area contributed by atoms with Gasteiger partial charge in [0.25, 0.3) is 0 Å². The summed E-state index contributed by atoms with van der Waals surface area (Å²) in [7, 11) is 0. The highest BCUT2D eigenvalue weighted by Gasteiger charge is 2.42. The maximum absolute atomic E-state index is 12.9. The quantitative estimate of drug-likeness (QED) is 0.251. The van der Waals surface area contributed by atoms with Crippen molar-refractivity contribution in [1.82, 2.24) is 5.32 Å². The summed E-state index contributed by atoms with van der Waals surface area (Å²) in [5.41, 5.74) is 0.725. The molecule has 3 N–H and O–H groups in total. The maximum Gasteiger partial charge on any atom is 0.311 e. The molecule has 35 heavy (non-hydrogen) atoms. The summed E-state index contributed by atoms with van der Waals surface area (Å²) < 4.78 is 6.16. The molecule has 2 rings (SSSR count). The van der Waals surface area contributed by atoms with Crippen molar-refractivity contribution in [1.29, 1.82) is 0 Å². The second kappa shape index (κ2) is 13.6. The summed E-state index contributed by atoms with van der Waals surface area (Å²) in [5, 5.41) is 23.7. The molecule has 0 heterocycles. The molecule has 2 aliphatic rings. The number of ether oxygens (including phenoxy) is 1. The Labute approximate surface area is 212 Å². The van der Waals surface area contributed by atoms with Crippen LogP contribution in [-0.2, 0) is 14.3 Å². The molecule has 0 unspecified atom stereocenters. The molecular formula is C29H49NO5. The molecule has 0 radical (unpaired) electrons. The van der Waals surface area contributed by atoms with Gasteiger partial charge >= 0.3 is 5.97 Å². The van der Waals surface area contributed by atoms with E-state index in [2.05, 4.69) is 44.3 Å². The van der Waals surface area contributed by atoms with Crippen LogP contribution in [0.3, 0.4) is 0 Å². The molecule has 200 valence electrons. The second-order valence-corrected chi connectivity index (χ2v) is 11.5. The van der Waals surface area contributed by atoms with Crippen molar-refractivity contribution in [3.63, 3.8) is 0 Å². The van der Waals surface area contributed by atoms with Crippen LogP contribution in [0.1, 0.15) is 92.9 Å². The van der Waals surface area contributed by atoms with Crippen LogP contribution >= 0.6 is 0 Å². The van der Waals surface area contributed by atoms with Gasteiger partial charge in [-0.05, 0) is 75.7 Å². The van der Waals surface area contributed by atoms with E-state index in [-0.39, 0.29) is 42.7 Å². The topological polar surface area (TPSA) is 95.9 Å². The molecule has 0 aliphatic heterocycles. The molecule has 6 nitrogen and oxygen atoms in total. The lowest BCUT2D eigenvalue weighted by Gasteiger charge is -2.44. The molecule has 0 bridgehead atoms. The van der Waals surface area contributed by atoms with Crippen molar-refractivity contribution in [2.45, 2.75) is 111 Å². The van der Waals surface area contributed by atoms with E-state index in [0.29, 0.717) is 24.8 Å². The summed E-state index contributed by atoms with van der Waals surface area (Å²) in [6.07, 6.45) is 9.97. The van der Waals surface area contributed by atoms with Crippen molar-refractivity contribution in [2.75, 3.05) is 6.54 Å². The molecule has 7 atom stereocenters. The fourth-order valence-corrected chi connectivity index (χ4v) is 5.25. The molecule has 0 aromatic rings. The average molecular weight is 492 g/mol. The molecule has 0 saturated carbocycles. The molecule has 0 spiro atoms. The van der Waals surface area contributed by atoms with E-state index in [1.165, 1.54) is 5.57 Å². The van der Waals surface area contributed by atoms with Gasteiger partial charge in [0.1, 0.15) is 6.10 Å². The Morgan fingerprint density at radius 1 is 1.20 bits per heavy atom. The highest BCUT2D eigenvalue weighted by Crippen LogP contribution is 2.45. The number of carbonyl (C=O) groups is 2. The fraction of sp³-hybridized carbons (Fsp3) is 0.793. The SMILES string of the molecule is CCCCNC(=O)C[C@H](O)C[C@H](O)CC[C@@H]1[C@@H]2C(=C[C@H](C)C[C@@H]2OC(=O)C(C)(C)CC)C=C[C@@H]1C. The zero-order valence-corrected chi connectivity index (χ0v) is 22.8. The molecular weight excluding hydrogens is 442 g/mol. The van der Waals surface area contributed by atoms with Gasteiger partial charge in [-0.1, -0.05) is 52.3 Å². The molecule has 6 heteroatoms. The van der Waals surface area contributed by atoms with Crippen LogP contribution in [0.15, 0.2) is 23.8 Å². The second-order valence-electron chi connectivity index (χ2n) is 11.5. The highest BCUT2D eigenvalue weighted by molar-refractivity contribution is 5.76. The molecule has 2 aliphatic carbocycles. The first-order chi connectivity index (χ1) is 16.5. The van der Waals surface area contributed by atoms with Crippen LogP contribution in [0.5, 0.6) is 0 Å². The third-order valence-corrected chi connectivity index (χ3v) is 7.94. The third-order valence-electron chi connectivity index (χ3n) is 7.94. The number of hydrogen-bond acceptors (Lipinski definition) is 5. The number of rotatable bonds is 13. The monoisotopic (exact) mass is 491 g/mol. The van der Waals surface area contributed by atoms with E-state index >= 15 is 0 Å². The van der Waals surface area contributed by atoms with Gasteiger partial charge in [0, 0.05) is 12.5 Å². The summed E-state index contributed by atoms with van der Waals surface area (Å²) in [6, 6.07) is 0. The van der Waals surface area contributed by atoms with Crippen LogP contribution in [0.4, 0.5) is 0 Å². The summed E-state index contributed by atoms with van der Waals surface area (Å²) >= 11 is 0. The van der Waals surface area contributed by atoms with Gasteiger partial charge < -0.3 is 20.3 Å². The fourth-order valence-electron chi connectivity index (χ4n) is 5.25. The van der Waals surface area contributed by atoms with Crippen LogP contribution in [0, 0.1) is 29.1 Å². The van der Waals surface area contributed by atoms with Crippen LogP contribution < -0.4 is 5.32 Å². The number of aliphatic hydroxyl groups excluding tert-OH is 2. The van der Waals surface area contributed by atoms with Gasteiger partial charge in [0.05, 0.1) is 24.0 Å². The van der Waals surface area contributed by atoms with Crippen molar-refractivity contribution < 1.29 is 24.5 Å². The standard InChI is InChI=1S/C29H49NO5/c1-7-9-14-30-26(33)18-23(32)17-22(31)12-13-24-20(4)10-11-21-15-19(3)16-25(27(21)24)35-28(34)29(5,6)8-2/h10-11,15,19-20,22-25,27,31-32H,7-9,12-14,16-18H2,1-6H3,(H,30,33)/t19-,20-,22+,23+,24-,25-,27-/m0/s1. The molecule has 0 fully saturated rings. The number of amides is 1. The minimum atomic E-state index is -0.855. The number of allylic oxidation sites excluding steroid dienone is 3. The van der Waals surface area contributed by atoms with E-state index in [1.807, 2.05) is 20.8 Å². The zero-order valence-electron chi connectivity index (χ0n) is 22.8. The molecule has 0 aromatic carbocycles. The van der Waals surface area contributed by atoms with Gasteiger partial charge in [-0.2, -0.15) is 0 Å². The first kappa shape index (κ1) is 29.6. The summed E-state index contributed by atoms with van der Waals surface area (Å²) in [6.45, 7) is 12.9. The van der Waals surface area contributed by atoms with Crippen molar-refractivity contribution >= 4 is 11.9 Å². The Bertz CT molecular complexity index is 758. The summed E-state index contributed by atoms with van der Waals surface area (Å²) in [5.74, 6) is 0.684. The highest BCUT2D eigenvalue weighted by atomic mass is 16.5. The lowest BCUT2D eigenvalue weighted by Crippen LogP contribution is -2.43. The maximum atomic E-state index is 12.9. The zero-order chi connectivity index (χ0) is 26.2. The van der Waals surface area contributed by atoms with Crippen LogP contribution in [0.2, 0.25) is 0 Å². The minimum Gasteiger partial charge on any atom is -0.461 e. The summed E-state index contributed by atoms with van der Waals surface area (Å²) in [4.78, 5) is 24.9. The van der Waals surface area contributed by atoms with E-state index in [1.54, 1.807) is 0 Å². The number of nitrogens with one attached hydrogen (secondary N) is 1. The minimum absolute atomic E-state index is 0.0159. The van der Waals surface area contributed by atoms with Gasteiger partial charge in [0.2, 0.25) is 5.91 Å². The Kier molecular flexibility index (Phi) is 11.5. The van der Waals surface area contributed by atoms with Gasteiger partial charge in [-0.3, -0.25) is 9.59 Å². The van der Waals surface area contributed by atoms with E-state index < -0.39 is 17.6 Å².